The summed E-state index contributed by atoms with van der Waals surface area (Å²) in [7, 11) is 0. The first-order valence-electron chi connectivity index (χ1n) is 11.8. The zero-order chi connectivity index (χ0) is 24.2. The lowest BCUT2D eigenvalue weighted by Crippen LogP contribution is -2.51. The zero-order valence-corrected chi connectivity index (χ0v) is 20.9. The molecular formula is C29H34N2O2S. The van der Waals surface area contributed by atoms with Gasteiger partial charge in [-0.3, -0.25) is 9.59 Å². The summed E-state index contributed by atoms with van der Waals surface area (Å²) in [6.45, 7) is 5.08. The molecule has 178 valence electrons. The van der Waals surface area contributed by atoms with Gasteiger partial charge in [-0.15, -0.1) is 11.8 Å². The first-order chi connectivity index (χ1) is 16.6. The highest BCUT2D eigenvalue weighted by Crippen LogP contribution is 2.19. The molecule has 0 saturated carbocycles. The van der Waals surface area contributed by atoms with E-state index < -0.39 is 6.04 Å². The van der Waals surface area contributed by atoms with Crippen LogP contribution in [0.3, 0.4) is 0 Å². The molecule has 0 bridgehead atoms. The molecule has 1 atom stereocenters. The number of benzene rings is 3. The van der Waals surface area contributed by atoms with E-state index >= 15 is 0 Å². The Morgan fingerprint density at radius 1 is 0.853 bits per heavy atom. The summed E-state index contributed by atoms with van der Waals surface area (Å²) >= 11 is 1.59. The van der Waals surface area contributed by atoms with Crippen LogP contribution >= 0.6 is 11.8 Å². The summed E-state index contributed by atoms with van der Waals surface area (Å²) in [5, 5.41) is 3.03. The number of amides is 2. The number of nitrogens with one attached hydrogen (secondary N) is 1. The molecule has 0 unspecified atom stereocenters. The van der Waals surface area contributed by atoms with Gasteiger partial charge in [-0.25, -0.2) is 0 Å². The molecule has 0 aromatic heterocycles. The van der Waals surface area contributed by atoms with E-state index in [1.165, 1.54) is 11.1 Å². The van der Waals surface area contributed by atoms with E-state index in [1.807, 2.05) is 86.6 Å². The maximum Gasteiger partial charge on any atom is 0.243 e. The average molecular weight is 475 g/mol. The van der Waals surface area contributed by atoms with Crippen molar-refractivity contribution < 1.29 is 9.59 Å². The van der Waals surface area contributed by atoms with Gasteiger partial charge in [0.1, 0.15) is 6.04 Å². The van der Waals surface area contributed by atoms with Crippen LogP contribution in [0.2, 0.25) is 0 Å². The van der Waals surface area contributed by atoms with Gasteiger partial charge in [-0.05, 0) is 30.0 Å². The summed E-state index contributed by atoms with van der Waals surface area (Å²) in [5.74, 6) is 0.969. The largest absolute Gasteiger partial charge is 0.354 e. The highest BCUT2D eigenvalue weighted by molar-refractivity contribution is 7.99. The van der Waals surface area contributed by atoms with Crippen molar-refractivity contribution in [2.45, 2.75) is 45.0 Å². The lowest BCUT2D eigenvalue weighted by atomic mass is 10.0. The number of aryl methyl sites for hydroxylation is 1. The number of thioether (sulfide) groups is 1. The van der Waals surface area contributed by atoms with Crippen molar-refractivity contribution in [1.82, 2.24) is 10.2 Å². The van der Waals surface area contributed by atoms with Gasteiger partial charge in [-0.2, -0.15) is 0 Å². The Labute approximate surface area is 207 Å². The summed E-state index contributed by atoms with van der Waals surface area (Å²) in [5.41, 5.74) is 4.42. The van der Waals surface area contributed by atoms with Gasteiger partial charge in [0.25, 0.3) is 0 Å². The number of nitrogens with zero attached hydrogens (tertiary/aromatic N) is 1. The van der Waals surface area contributed by atoms with Crippen molar-refractivity contribution >= 4 is 23.6 Å². The molecule has 0 aliphatic heterocycles. The van der Waals surface area contributed by atoms with Crippen LogP contribution in [0, 0.1) is 6.92 Å². The van der Waals surface area contributed by atoms with E-state index in [4.69, 9.17) is 0 Å². The van der Waals surface area contributed by atoms with Gasteiger partial charge in [0.2, 0.25) is 11.8 Å². The van der Waals surface area contributed by atoms with Gasteiger partial charge in [0.05, 0.1) is 5.75 Å². The Morgan fingerprint density at radius 2 is 1.47 bits per heavy atom. The molecule has 3 aromatic rings. The molecule has 4 nitrogen and oxygen atoms in total. The monoisotopic (exact) mass is 474 g/mol. The van der Waals surface area contributed by atoms with Crippen LogP contribution in [-0.4, -0.2) is 35.1 Å². The second-order valence-electron chi connectivity index (χ2n) is 8.48. The molecule has 3 rings (SSSR count). The van der Waals surface area contributed by atoms with E-state index in [0.717, 1.165) is 23.3 Å². The second-order valence-corrected chi connectivity index (χ2v) is 9.47. The molecule has 0 aliphatic rings. The molecule has 0 fully saturated rings. The average Bonchev–Trinajstić information content (AvgIpc) is 2.87. The number of hydrogen-bond acceptors (Lipinski definition) is 3. The van der Waals surface area contributed by atoms with Gasteiger partial charge < -0.3 is 10.2 Å². The van der Waals surface area contributed by atoms with Crippen LogP contribution in [-0.2, 0) is 28.3 Å². The number of carbonyl (C=O) groups excluding carboxylic acids is 2. The highest BCUT2D eigenvalue weighted by atomic mass is 32.2. The van der Waals surface area contributed by atoms with E-state index in [-0.39, 0.29) is 11.8 Å². The predicted octanol–water partition coefficient (Wildman–Crippen LogP) is 5.39. The SMILES string of the molecule is CCCNC(=O)[C@H](Cc1ccccc1)N(Cc1ccc(C)cc1)C(=O)CSCc1ccccc1. The predicted molar refractivity (Wildman–Crippen MR) is 142 cm³/mol. The van der Waals surface area contributed by atoms with Crippen molar-refractivity contribution in [2.24, 2.45) is 0 Å². The Bertz CT molecular complexity index is 1020. The minimum atomic E-state index is -0.569. The molecule has 3 aromatic carbocycles. The maximum atomic E-state index is 13.5. The van der Waals surface area contributed by atoms with Gasteiger partial charge in [0, 0.05) is 25.3 Å². The van der Waals surface area contributed by atoms with Crippen LogP contribution in [0.4, 0.5) is 0 Å². The molecule has 0 spiro atoms. The van der Waals surface area contributed by atoms with Gasteiger partial charge in [0.15, 0.2) is 0 Å². The molecule has 34 heavy (non-hydrogen) atoms. The Balaban J connectivity index is 1.82. The summed E-state index contributed by atoms with van der Waals surface area (Å²) in [4.78, 5) is 28.6. The third kappa shape index (κ3) is 8.07. The fraction of sp³-hybridized carbons (Fsp3) is 0.310. The minimum absolute atomic E-state index is 0.0194. The Kier molecular flexibility index (Phi) is 10.2. The van der Waals surface area contributed by atoms with E-state index in [9.17, 15) is 9.59 Å². The topological polar surface area (TPSA) is 49.4 Å². The third-order valence-electron chi connectivity index (χ3n) is 5.63. The summed E-state index contributed by atoms with van der Waals surface area (Å²) in [6, 6.07) is 27.7. The second kappa shape index (κ2) is 13.6. The summed E-state index contributed by atoms with van der Waals surface area (Å²) < 4.78 is 0. The Morgan fingerprint density at radius 3 is 2.09 bits per heavy atom. The van der Waals surface area contributed by atoms with Gasteiger partial charge in [-0.1, -0.05) is 97.4 Å². The molecule has 5 heteroatoms. The molecule has 0 saturated heterocycles. The van der Waals surface area contributed by atoms with E-state index in [2.05, 4.69) is 17.4 Å². The van der Waals surface area contributed by atoms with E-state index in [0.29, 0.717) is 25.3 Å². The molecule has 1 N–H and O–H groups in total. The van der Waals surface area contributed by atoms with Crippen molar-refractivity contribution in [1.29, 1.82) is 0 Å². The van der Waals surface area contributed by atoms with Crippen molar-refractivity contribution in [3.05, 3.63) is 107 Å². The smallest absolute Gasteiger partial charge is 0.243 e. The molecule has 0 radical (unpaired) electrons. The van der Waals surface area contributed by atoms with Crippen LogP contribution in [0.1, 0.15) is 35.6 Å². The standard InChI is InChI=1S/C29H34N2O2S/c1-3-18-30-29(33)27(19-24-10-6-4-7-11-24)31(20-25-16-14-23(2)15-17-25)28(32)22-34-21-26-12-8-5-9-13-26/h4-17,27H,3,18-22H2,1-2H3,(H,30,33)/t27-/m0/s1. The van der Waals surface area contributed by atoms with E-state index in [1.54, 1.807) is 16.7 Å². The fourth-order valence-electron chi connectivity index (χ4n) is 3.72. The highest BCUT2D eigenvalue weighted by Gasteiger charge is 2.30. The molecule has 0 aliphatic carbocycles. The quantitative estimate of drug-likeness (QED) is 0.383. The first kappa shape index (κ1) is 25.6. The van der Waals surface area contributed by atoms with Crippen LogP contribution in [0.15, 0.2) is 84.9 Å². The van der Waals surface area contributed by atoms with Crippen LogP contribution in [0.5, 0.6) is 0 Å². The zero-order valence-electron chi connectivity index (χ0n) is 20.1. The normalized spacial score (nSPS) is 11.6. The fourth-order valence-corrected chi connectivity index (χ4v) is 4.59. The van der Waals surface area contributed by atoms with Crippen molar-refractivity contribution in [2.75, 3.05) is 12.3 Å². The van der Waals surface area contributed by atoms with Gasteiger partial charge >= 0.3 is 0 Å². The minimum Gasteiger partial charge on any atom is -0.354 e. The first-order valence-corrected chi connectivity index (χ1v) is 13.0. The Hall–Kier alpha value is -3.05. The number of hydrogen-bond donors (Lipinski definition) is 1. The molecule has 2 amide bonds. The summed E-state index contributed by atoms with van der Waals surface area (Å²) in [6.07, 6.45) is 1.33. The molecule has 0 heterocycles. The lowest BCUT2D eigenvalue weighted by molar-refractivity contribution is -0.139. The molecular weight excluding hydrogens is 440 g/mol. The van der Waals surface area contributed by atoms with Crippen LogP contribution in [0.25, 0.3) is 0 Å². The number of rotatable bonds is 12. The van der Waals surface area contributed by atoms with Crippen molar-refractivity contribution in [3.8, 4) is 0 Å². The number of carbonyl (C=O) groups is 2. The van der Waals surface area contributed by atoms with Crippen molar-refractivity contribution in [3.63, 3.8) is 0 Å². The van der Waals surface area contributed by atoms with Crippen LogP contribution < -0.4 is 5.32 Å². The third-order valence-corrected chi connectivity index (χ3v) is 6.62. The lowest BCUT2D eigenvalue weighted by Gasteiger charge is -2.31. The maximum absolute atomic E-state index is 13.5.